The van der Waals surface area contributed by atoms with Crippen LogP contribution in [0.3, 0.4) is 0 Å². The number of carboxylic acid groups (broad SMARTS) is 1. The Balaban J connectivity index is 2.19. The number of carboxylic acids is 1. The molecule has 1 aromatic carbocycles. The molecular formula is C17H14BrNO3. The maximum Gasteiger partial charge on any atom is 0.338 e. The van der Waals surface area contributed by atoms with E-state index < -0.39 is 5.97 Å². The fourth-order valence-corrected chi connectivity index (χ4v) is 3.00. The molecule has 0 saturated carbocycles. The fraction of sp³-hybridized carbons (Fsp3) is 0.118. The highest BCUT2D eigenvalue weighted by Gasteiger charge is 2.18. The van der Waals surface area contributed by atoms with Crippen LogP contribution in [0.15, 0.2) is 53.3 Å². The minimum absolute atomic E-state index is 0.302. The molecule has 0 bridgehead atoms. The molecule has 2 aromatic heterocycles. The first-order valence-electron chi connectivity index (χ1n) is 6.87. The van der Waals surface area contributed by atoms with Crippen molar-refractivity contribution in [3.63, 3.8) is 0 Å². The summed E-state index contributed by atoms with van der Waals surface area (Å²) in [5.41, 5.74) is 2.49. The molecule has 0 spiro atoms. The summed E-state index contributed by atoms with van der Waals surface area (Å²) >= 11 is 3.47. The molecule has 0 amide bonds. The van der Waals surface area contributed by atoms with Crippen LogP contribution in [-0.4, -0.2) is 22.1 Å². The summed E-state index contributed by atoms with van der Waals surface area (Å²) in [5, 5.41) is 9.57. The van der Waals surface area contributed by atoms with Crippen molar-refractivity contribution in [3.8, 4) is 16.9 Å². The van der Waals surface area contributed by atoms with E-state index in [1.54, 1.807) is 6.07 Å². The third kappa shape index (κ3) is 2.48. The zero-order valence-electron chi connectivity index (χ0n) is 11.9. The predicted molar refractivity (Wildman–Crippen MR) is 88.7 cm³/mol. The van der Waals surface area contributed by atoms with Gasteiger partial charge in [-0.05, 0) is 52.7 Å². The number of pyridine rings is 1. The van der Waals surface area contributed by atoms with Crippen LogP contribution in [-0.2, 0) is 0 Å². The number of ether oxygens (including phenoxy) is 1. The van der Waals surface area contributed by atoms with E-state index in [1.807, 2.05) is 54.0 Å². The van der Waals surface area contributed by atoms with E-state index >= 15 is 0 Å². The zero-order valence-corrected chi connectivity index (χ0v) is 13.5. The predicted octanol–water partition coefficient (Wildman–Crippen LogP) is 4.47. The zero-order chi connectivity index (χ0) is 15.7. The highest BCUT2D eigenvalue weighted by atomic mass is 79.9. The van der Waals surface area contributed by atoms with Crippen LogP contribution < -0.4 is 4.74 Å². The molecule has 1 N–H and O–H groups in total. The van der Waals surface area contributed by atoms with Crippen molar-refractivity contribution >= 4 is 27.4 Å². The van der Waals surface area contributed by atoms with Gasteiger partial charge in [-0.25, -0.2) is 4.79 Å². The molecule has 0 radical (unpaired) electrons. The summed E-state index contributed by atoms with van der Waals surface area (Å²) in [6, 6.07) is 11.1. The topological polar surface area (TPSA) is 50.9 Å². The third-order valence-corrected chi connectivity index (χ3v) is 4.06. The molecule has 3 rings (SSSR count). The normalized spacial score (nSPS) is 10.8. The molecule has 0 saturated heterocycles. The SMILES string of the molecule is CCOc1ccc(-c2cn3ccccc3c2C(=O)O)cc1Br. The minimum atomic E-state index is -0.936. The molecule has 5 heteroatoms. The smallest absolute Gasteiger partial charge is 0.338 e. The van der Waals surface area contributed by atoms with Gasteiger partial charge in [0.1, 0.15) is 5.75 Å². The lowest BCUT2D eigenvalue weighted by Gasteiger charge is -2.08. The van der Waals surface area contributed by atoms with Gasteiger partial charge in [0.25, 0.3) is 0 Å². The average Bonchev–Trinajstić information content (AvgIpc) is 2.89. The maximum atomic E-state index is 11.7. The Bertz CT molecular complexity index is 854. The van der Waals surface area contributed by atoms with Crippen LogP contribution in [0.25, 0.3) is 16.6 Å². The minimum Gasteiger partial charge on any atom is -0.493 e. The largest absolute Gasteiger partial charge is 0.493 e. The lowest BCUT2D eigenvalue weighted by molar-refractivity contribution is 0.0700. The van der Waals surface area contributed by atoms with Crippen molar-refractivity contribution in [2.75, 3.05) is 6.61 Å². The van der Waals surface area contributed by atoms with Crippen molar-refractivity contribution in [1.29, 1.82) is 0 Å². The molecule has 112 valence electrons. The molecule has 22 heavy (non-hydrogen) atoms. The molecule has 4 nitrogen and oxygen atoms in total. The monoisotopic (exact) mass is 359 g/mol. The van der Waals surface area contributed by atoms with Crippen LogP contribution >= 0.6 is 15.9 Å². The Morgan fingerprint density at radius 2 is 2.14 bits per heavy atom. The van der Waals surface area contributed by atoms with E-state index in [4.69, 9.17) is 4.74 Å². The molecule has 0 aliphatic rings. The Morgan fingerprint density at radius 1 is 1.32 bits per heavy atom. The van der Waals surface area contributed by atoms with Crippen LogP contribution in [0.4, 0.5) is 0 Å². The fourth-order valence-electron chi connectivity index (χ4n) is 2.51. The quantitative estimate of drug-likeness (QED) is 0.747. The van der Waals surface area contributed by atoms with Crippen LogP contribution in [0.1, 0.15) is 17.3 Å². The number of aromatic nitrogens is 1. The van der Waals surface area contributed by atoms with Crippen molar-refractivity contribution in [2.24, 2.45) is 0 Å². The molecule has 0 aliphatic heterocycles. The Morgan fingerprint density at radius 3 is 2.82 bits per heavy atom. The number of hydrogen-bond donors (Lipinski definition) is 1. The number of halogens is 1. The van der Waals surface area contributed by atoms with Gasteiger partial charge in [0, 0.05) is 18.0 Å². The van der Waals surface area contributed by atoms with Gasteiger partial charge < -0.3 is 14.2 Å². The van der Waals surface area contributed by atoms with Crippen molar-refractivity contribution in [1.82, 2.24) is 4.40 Å². The van der Waals surface area contributed by atoms with E-state index in [0.717, 1.165) is 15.8 Å². The van der Waals surface area contributed by atoms with Gasteiger partial charge in [-0.3, -0.25) is 0 Å². The highest BCUT2D eigenvalue weighted by Crippen LogP contribution is 2.34. The summed E-state index contributed by atoms with van der Waals surface area (Å²) in [4.78, 5) is 11.7. The summed E-state index contributed by atoms with van der Waals surface area (Å²) in [7, 11) is 0. The molecular weight excluding hydrogens is 346 g/mol. The molecule has 2 heterocycles. The van der Waals surface area contributed by atoms with Gasteiger partial charge in [0.05, 0.1) is 22.2 Å². The van der Waals surface area contributed by atoms with Gasteiger partial charge in [-0.15, -0.1) is 0 Å². The standard InChI is InChI=1S/C17H14BrNO3/c1-2-22-15-7-6-11(9-13(15)18)12-10-19-8-4-3-5-14(19)16(12)17(20)21/h3-10H,2H2,1H3,(H,20,21). The van der Waals surface area contributed by atoms with E-state index in [9.17, 15) is 9.90 Å². The second kappa shape index (κ2) is 5.85. The maximum absolute atomic E-state index is 11.7. The van der Waals surface area contributed by atoms with Crippen LogP contribution in [0, 0.1) is 0 Å². The first kappa shape index (κ1) is 14.7. The van der Waals surface area contributed by atoms with E-state index in [1.165, 1.54) is 0 Å². The number of fused-ring (bicyclic) bond motifs is 1. The second-order valence-electron chi connectivity index (χ2n) is 4.79. The van der Waals surface area contributed by atoms with Crippen LogP contribution in [0.5, 0.6) is 5.75 Å². The number of nitrogens with zero attached hydrogens (tertiary/aromatic N) is 1. The Hall–Kier alpha value is -2.27. The van der Waals surface area contributed by atoms with Crippen molar-refractivity contribution in [2.45, 2.75) is 6.92 Å². The van der Waals surface area contributed by atoms with Gasteiger partial charge in [0.15, 0.2) is 0 Å². The number of hydrogen-bond acceptors (Lipinski definition) is 2. The molecule has 0 atom stereocenters. The molecule has 3 aromatic rings. The van der Waals surface area contributed by atoms with Gasteiger partial charge in [-0.1, -0.05) is 12.1 Å². The van der Waals surface area contributed by atoms with E-state index in [-0.39, 0.29) is 0 Å². The summed E-state index contributed by atoms with van der Waals surface area (Å²) < 4.78 is 8.12. The number of aromatic carboxylic acids is 1. The lowest BCUT2D eigenvalue weighted by atomic mass is 10.0. The summed E-state index contributed by atoms with van der Waals surface area (Å²) in [6.45, 7) is 2.50. The lowest BCUT2D eigenvalue weighted by Crippen LogP contribution is -1.98. The first-order valence-corrected chi connectivity index (χ1v) is 7.67. The van der Waals surface area contributed by atoms with Gasteiger partial charge in [0.2, 0.25) is 0 Å². The van der Waals surface area contributed by atoms with Crippen LogP contribution in [0.2, 0.25) is 0 Å². The molecule has 0 aliphatic carbocycles. The van der Waals surface area contributed by atoms with E-state index in [0.29, 0.717) is 23.3 Å². The Kier molecular flexibility index (Phi) is 3.90. The molecule has 0 unspecified atom stereocenters. The average molecular weight is 360 g/mol. The van der Waals surface area contributed by atoms with Crippen molar-refractivity contribution in [3.05, 3.63) is 58.8 Å². The summed E-state index contributed by atoms with van der Waals surface area (Å²) in [6.07, 6.45) is 3.68. The molecule has 0 fully saturated rings. The number of benzene rings is 1. The second-order valence-corrected chi connectivity index (χ2v) is 5.65. The van der Waals surface area contributed by atoms with Gasteiger partial charge >= 0.3 is 5.97 Å². The van der Waals surface area contributed by atoms with Gasteiger partial charge in [-0.2, -0.15) is 0 Å². The third-order valence-electron chi connectivity index (χ3n) is 3.44. The Labute approximate surface area is 136 Å². The number of rotatable bonds is 4. The summed E-state index contributed by atoms with van der Waals surface area (Å²) in [5.74, 6) is -0.194. The first-order chi connectivity index (χ1) is 10.6. The highest BCUT2D eigenvalue weighted by molar-refractivity contribution is 9.10. The van der Waals surface area contributed by atoms with Crippen molar-refractivity contribution < 1.29 is 14.6 Å². The van der Waals surface area contributed by atoms with E-state index in [2.05, 4.69) is 15.9 Å². The number of carbonyl (C=O) groups is 1.